The molecule has 1 heterocycles. The van der Waals surface area contributed by atoms with E-state index in [1.807, 2.05) is 11.0 Å². The third kappa shape index (κ3) is 7.69. The first kappa shape index (κ1) is 23.3. The summed E-state index contributed by atoms with van der Waals surface area (Å²) >= 11 is 0. The summed E-state index contributed by atoms with van der Waals surface area (Å²) in [6, 6.07) is 12.6. The Bertz CT molecular complexity index is 858. The summed E-state index contributed by atoms with van der Waals surface area (Å²) < 4.78 is 32.4. The molecule has 1 aliphatic heterocycles. The van der Waals surface area contributed by atoms with Crippen LogP contribution in [0.5, 0.6) is 0 Å². The van der Waals surface area contributed by atoms with Crippen LogP contribution in [-0.4, -0.2) is 54.2 Å². The highest BCUT2D eigenvalue weighted by atomic mass is 19.1. The monoisotopic (exact) mass is 432 g/mol. The van der Waals surface area contributed by atoms with Crippen molar-refractivity contribution in [2.24, 2.45) is 11.1 Å². The Morgan fingerprint density at radius 1 is 1.13 bits per heavy atom. The normalized spacial score (nSPS) is 17.1. The second-order valence-electron chi connectivity index (χ2n) is 8.39. The van der Waals surface area contributed by atoms with Crippen LogP contribution in [0.15, 0.2) is 53.7 Å². The molecule has 2 aromatic carbocycles. The first-order chi connectivity index (χ1) is 14.9. The molecule has 5 nitrogen and oxygen atoms in total. The lowest BCUT2D eigenvalue weighted by molar-refractivity contribution is -0.00735. The van der Waals surface area contributed by atoms with Crippen LogP contribution in [0.25, 0.3) is 0 Å². The van der Waals surface area contributed by atoms with E-state index in [1.165, 1.54) is 24.3 Å². The highest BCUT2D eigenvalue weighted by Crippen LogP contribution is 2.19. The van der Waals surface area contributed by atoms with Crippen LogP contribution in [0.1, 0.15) is 31.4 Å². The van der Waals surface area contributed by atoms with Crippen LogP contribution in [0.4, 0.5) is 8.78 Å². The van der Waals surface area contributed by atoms with E-state index < -0.39 is 6.10 Å². The molecule has 2 atom stereocenters. The zero-order chi connectivity index (χ0) is 22.2. The molecule has 1 aliphatic rings. The van der Waals surface area contributed by atoms with Gasteiger partial charge in [0.1, 0.15) is 17.7 Å². The fraction of sp³-hybridized carbons (Fsp3) is 0.458. The Morgan fingerprint density at radius 2 is 1.90 bits per heavy atom. The van der Waals surface area contributed by atoms with Crippen LogP contribution >= 0.6 is 0 Å². The average molecular weight is 433 g/mol. The minimum atomic E-state index is -0.675. The van der Waals surface area contributed by atoms with Crippen molar-refractivity contribution in [2.45, 2.75) is 39.0 Å². The molecule has 0 bridgehead atoms. The molecule has 0 unspecified atom stereocenters. The summed E-state index contributed by atoms with van der Waals surface area (Å²) in [4.78, 5) is 7.62. The van der Waals surface area contributed by atoms with Crippen molar-refractivity contribution in [3.8, 4) is 0 Å². The number of oxime groups is 1. The molecule has 0 amide bonds. The smallest absolute Gasteiger partial charge is 0.145 e. The predicted molar refractivity (Wildman–Crippen MR) is 116 cm³/mol. The standard InChI is InChI=1S/C24H30F2N2O3/c1-17(2)15-30-16-22(29)13-28(12-18-4-3-5-21(26)10-18)14-23-11-24(27-31-23)19-6-8-20(25)9-7-19/h3-10,17,22-23,29H,11-16H2,1-2H3/t22-,23+/m0/s1. The van der Waals surface area contributed by atoms with Crippen molar-refractivity contribution >= 4 is 5.71 Å². The summed E-state index contributed by atoms with van der Waals surface area (Å²) in [5.41, 5.74) is 2.40. The molecular weight excluding hydrogens is 402 g/mol. The Kier molecular flexibility index (Phi) is 8.51. The van der Waals surface area contributed by atoms with Gasteiger partial charge in [0.15, 0.2) is 0 Å². The fourth-order valence-corrected chi connectivity index (χ4v) is 3.51. The van der Waals surface area contributed by atoms with Crippen molar-refractivity contribution in [1.29, 1.82) is 0 Å². The van der Waals surface area contributed by atoms with E-state index in [2.05, 4.69) is 19.0 Å². The number of rotatable bonds is 11. The van der Waals surface area contributed by atoms with E-state index >= 15 is 0 Å². The Balaban J connectivity index is 1.60. The van der Waals surface area contributed by atoms with Crippen LogP contribution < -0.4 is 0 Å². The summed E-state index contributed by atoms with van der Waals surface area (Å²) in [7, 11) is 0. The molecule has 0 fully saturated rings. The van der Waals surface area contributed by atoms with Gasteiger partial charge in [-0.05, 0) is 41.3 Å². The number of halogens is 2. The van der Waals surface area contributed by atoms with Crippen molar-refractivity contribution < 1.29 is 23.5 Å². The molecule has 7 heteroatoms. The molecule has 0 saturated carbocycles. The van der Waals surface area contributed by atoms with Gasteiger partial charge in [-0.3, -0.25) is 4.90 Å². The topological polar surface area (TPSA) is 54.3 Å². The van der Waals surface area contributed by atoms with E-state index in [0.29, 0.717) is 38.6 Å². The maximum absolute atomic E-state index is 13.6. The number of ether oxygens (including phenoxy) is 1. The molecule has 0 aromatic heterocycles. The number of aliphatic hydroxyl groups excluding tert-OH is 1. The Morgan fingerprint density at radius 3 is 2.61 bits per heavy atom. The summed E-state index contributed by atoms with van der Waals surface area (Å²) in [6.45, 7) is 6.26. The SMILES string of the molecule is CC(C)COC[C@@H](O)CN(Cc1cccc(F)c1)C[C@H]1CC(c2ccc(F)cc2)=NO1. The maximum Gasteiger partial charge on any atom is 0.145 e. The summed E-state index contributed by atoms with van der Waals surface area (Å²) in [6.07, 6.45) is -0.311. The lowest BCUT2D eigenvalue weighted by Gasteiger charge is -2.27. The van der Waals surface area contributed by atoms with Gasteiger partial charge >= 0.3 is 0 Å². The average Bonchev–Trinajstić information content (AvgIpc) is 3.16. The van der Waals surface area contributed by atoms with Crippen molar-refractivity contribution in [1.82, 2.24) is 4.90 Å². The van der Waals surface area contributed by atoms with Gasteiger partial charge in [-0.1, -0.05) is 43.3 Å². The first-order valence-electron chi connectivity index (χ1n) is 10.6. The number of hydrogen-bond acceptors (Lipinski definition) is 5. The number of benzene rings is 2. The molecular formula is C24H30F2N2O3. The molecule has 2 aromatic rings. The van der Waals surface area contributed by atoms with Crippen LogP contribution in [0, 0.1) is 17.6 Å². The zero-order valence-electron chi connectivity index (χ0n) is 18.0. The highest BCUT2D eigenvalue weighted by molar-refractivity contribution is 6.01. The van der Waals surface area contributed by atoms with Gasteiger partial charge in [-0.2, -0.15) is 0 Å². The van der Waals surface area contributed by atoms with E-state index in [0.717, 1.165) is 16.8 Å². The molecule has 0 spiro atoms. The predicted octanol–water partition coefficient (Wildman–Crippen LogP) is 3.99. The zero-order valence-corrected chi connectivity index (χ0v) is 18.0. The minimum absolute atomic E-state index is 0.211. The van der Waals surface area contributed by atoms with E-state index in [4.69, 9.17) is 9.57 Å². The summed E-state index contributed by atoms with van der Waals surface area (Å²) in [5.74, 6) is -0.198. The number of nitrogens with zero attached hydrogens (tertiary/aromatic N) is 2. The fourth-order valence-electron chi connectivity index (χ4n) is 3.51. The van der Waals surface area contributed by atoms with Crippen LogP contribution in [-0.2, 0) is 16.1 Å². The molecule has 31 heavy (non-hydrogen) atoms. The van der Waals surface area contributed by atoms with Gasteiger partial charge in [0.05, 0.1) is 18.4 Å². The molecule has 1 N–H and O–H groups in total. The lowest BCUT2D eigenvalue weighted by Crippen LogP contribution is -2.39. The molecule has 0 aliphatic carbocycles. The van der Waals surface area contributed by atoms with Gasteiger partial charge in [0.25, 0.3) is 0 Å². The van der Waals surface area contributed by atoms with Crippen LogP contribution in [0.2, 0.25) is 0 Å². The number of aliphatic hydroxyl groups is 1. The third-order valence-electron chi connectivity index (χ3n) is 4.90. The van der Waals surface area contributed by atoms with Gasteiger partial charge in [-0.15, -0.1) is 0 Å². The van der Waals surface area contributed by atoms with Gasteiger partial charge in [0, 0.05) is 32.7 Å². The van der Waals surface area contributed by atoms with Crippen LogP contribution in [0.3, 0.4) is 0 Å². The summed E-state index contributed by atoms with van der Waals surface area (Å²) in [5, 5.41) is 14.6. The molecule has 168 valence electrons. The van der Waals surface area contributed by atoms with Gasteiger partial charge in [-0.25, -0.2) is 8.78 Å². The second kappa shape index (κ2) is 11.3. The van der Waals surface area contributed by atoms with E-state index in [-0.39, 0.29) is 24.3 Å². The third-order valence-corrected chi connectivity index (χ3v) is 4.90. The Labute approximate surface area is 182 Å². The van der Waals surface area contributed by atoms with Crippen molar-refractivity contribution in [3.05, 3.63) is 71.3 Å². The van der Waals surface area contributed by atoms with Crippen molar-refractivity contribution in [3.63, 3.8) is 0 Å². The molecule has 0 radical (unpaired) electrons. The molecule has 0 saturated heterocycles. The van der Waals surface area contributed by atoms with Gasteiger partial charge in [0.2, 0.25) is 0 Å². The number of hydrogen-bond donors (Lipinski definition) is 1. The van der Waals surface area contributed by atoms with E-state index in [1.54, 1.807) is 18.2 Å². The molecule has 3 rings (SSSR count). The minimum Gasteiger partial charge on any atom is -0.390 e. The van der Waals surface area contributed by atoms with Gasteiger partial charge < -0.3 is 14.7 Å². The second-order valence-corrected chi connectivity index (χ2v) is 8.39. The van der Waals surface area contributed by atoms with E-state index in [9.17, 15) is 13.9 Å². The first-order valence-corrected chi connectivity index (χ1v) is 10.6. The lowest BCUT2D eigenvalue weighted by atomic mass is 10.0. The quantitative estimate of drug-likeness (QED) is 0.583. The highest BCUT2D eigenvalue weighted by Gasteiger charge is 2.26. The van der Waals surface area contributed by atoms with Crippen molar-refractivity contribution in [2.75, 3.05) is 26.3 Å². The Hall–Kier alpha value is -2.35. The largest absolute Gasteiger partial charge is 0.390 e. The maximum atomic E-state index is 13.6.